The van der Waals surface area contributed by atoms with E-state index in [-0.39, 0.29) is 0 Å². The lowest BCUT2D eigenvalue weighted by Gasteiger charge is -2.33. The maximum atomic E-state index is 12.7. The molecule has 0 spiro atoms. The zero-order chi connectivity index (χ0) is 16.7. The molecule has 0 bridgehead atoms. The van der Waals surface area contributed by atoms with Gasteiger partial charge >= 0.3 is 0 Å². The highest BCUT2D eigenvalue weighted by atomic mass is 79.9. The van der Waals surface area contributed by atoms with Gasteiger partial charge in [-0.1, -0.05) is 15.9 Å². The summed E-state index contributed by atoms with van der Waals surface area (Å²) in [5.41, 5.74) is 0. The van der Waals surface area contributed by atoms with Crippen LogP contribution in [-0.4, -0.2) is 48.3 Å². The van der Waals surface area contributed by atoms with Gasteiger partial charge in [-0.05, 0) is 37.1 Å². The van der Waals surface area contributed by atoms with Gasteiger partial charge in [-0.25, -0.2) is 13.4 Å². The standard InChI is InChI=1S/C15H17BrN4O2S2/c16-12-3-5-13(6-4-12)24(21,22)20-9-7-19(8-10-20)15-17-14(18-23-15)11-1-2-11/h3-6,11H,1-2,7-10H2. The molecule has 0 unspecified atom stereocenters. The molecule has 0 amide bonds. The maximum Gasteiger partial charge on any atom is 0.243 e. The van der Waals surface area contributed by atoms with E-state index in [0.717, 1.165) is 15.4 Å². The van der Waals surface area contributed by atoms with E-state index in [4.69, 9.17) is 0 Å². The van der Waals surface area contributed by atoms with Crippen LogP contribution in [0.15, 0.2) is 33.6 Å². The number of nitrogens with zero attached hydrogens (tertiary/aromatic N) is 4. The summed E-state index contributed by atoms with van der Waals surface area (Å²) >= 11 is 4.75. The number of aromatic nitrogens is 2. The lowest BCUT2D eigenvalue weighted by Crippen LogP contribution is -2.48. The van der Waals surface area contributed by atoms with Crippen LogP contribution < -0.4 is 4.90 Å². The summed E-state index contributed by atoms with van der Waals surface area (Å²) in [6.07, 6.45) is 2.38. The van der Waals surface area contributed by atoms with Crippen molar-refractivity contribution in [2.45, 2.75) is 23.7 Å². The number of rotatable bonds is 4. The van der Waals surface area contributed by atoms with Crippen molar-refractivity contribution in [3.8, 4) is 0 Å². The van der Waals surface area contributed by atoms with Crippen LogP contribution in [0.5, 0.6) is 0 Å². The lowest BCUT2D eigenvalue weighted by molar-refractivity contribution is 0.384. The Balaban J connectivity index is 1.44. The minimum atomic E-state index is -3.43. The van der Waals surface area contributed by atoms with E-state index in [2.05, 4.69) is 30.2 Å². The summed E-state index contributed by atoms with van der Waals surface area (Å²) in [5, 5.41) is 0.914. The molecule has 0 radical (unpaired) electrons. The van der Waals surface area contributed by atoms with Crippen LogP contribution in [0, 0.1) is 0 Å². The third-order valence-corrected chi connectivity index (χ3v) is 7.57. The van der Waals surface area contributed by atoms with Crippen LogP contribution >= 0.6 is 27.5 Å². The predicted molar refractivity (Wildman–Crippen MR) is 97.0 cm³/mol. The first-order valence-corrected chi connectivity index (χ1v) is 10.9. The number of anilines is 1. The van der Waals surface area contributed by atoms with Gasteiger partial charge in [0.05, 0.1) is 4.90 Å². The Morgan fingerprint density at radius 3 is 2.38 bits per heavy atom. The van der Waals surface area contributed by atoms with Gasteiger partial charge in [0.15, 0.2) is 0 Å². The molecule has 1 aliphatic carbocycles. The maximum absolute atomic E-state index is 12.7. The van der Waals surface area contributed by atoms with E-state index < -0.39 is 10.0 Å². The Bertz CT molecular complexity index is 825. The van der Waals surface area contributed by atoms with Gasteiger partial charge in [0, 0.05) is 48.1 Å². The Morgan fingerprint density at radius 1 is 1.08 bits per heavy atom. The van der Waals surface area contributed by atoms with Crippen molar-refractivity contribution in [3.63, 3.8) is 0 Å². The Hall–Kier alpha value is -1.03. The average Bonchev–Trinajstić information content (AvgIpc) is 3.32. The first-order valence-electron chi connectivity index (χ1n) is 7.88. The van der Waals surface area contributed by atoms with E-state index in [1.165, 1.54) is 24.4 Å². The number of piperazine rings is 1. The number of halogens is 1. The molecule has 128 valence electrons. The van der Waals surface area contributed by atoms with Gasteiger partial charge in [-0.2, -0.15) is 8.68 Å². The third kappa shape index (κ3) is 3.22. The summed E-state index contributed by atoms with van der Waals surface area (Å²) in [6.45, 7) is 2.23. The highest BCUT2D eigenvalue weighted by Crippen LogP contribution is 2.39. The minimum Gasteiger partial charge on any atom is -0.344 e. The molecule has 9 heteroatoms. The molecule has 24 heavy (non-hydrogen) atoms. The fraction of sp³-hybridized carbons (Fsp3) is 0.467. The minimum absolute atomic E-state index is 0.339. The molecule has 0 N–H and O–H groups in total. The van der Waals surface area contributed by atoms with Gasteiger partial charge in [-0.15, -0.1) is 0 Å². The fourth-order valence-electron chi connectivity index (χ4n) is 2.74. The highest BCUT2D eigenvalue weighted by molar-refractivity contribution is 9.10. The zero-order valence-electron chi connectivity index (χ0n) is 12.9. The molecule has 2 aromatic rings. The van der Waals surface area contributed by atoms with Crippen molar-refractivity contribution in [2.75, 3.05) is 31.1 Å². The summed E-state index contributed by atoms with van der Waals surface area (Å²) in [6, 6.07) is 6.78. The zero-order valence-corrected chi connectivity index (χ0v) is 16.1. The lowest BCUT2D eigenvalue weighted by atomic mass is 10.4. The van der Waals surface area contributed by atoms with Crippen molar-refractivity contribution in [1.82, 2.24) is 13.7 Å². The normalized spacial score (nSPS) is 19.6. The Morgan fingerprint density at radius 2 is 1.75 bits per heavy atom. The molecule has 4 rings (SSSR count). The molecule has 0 atom stereocenters. The molecular weight excluding hydrogens is 412 g/mol. The van der Waals surface area contributed by atoms with Crippen LogP contribution in [-0.2, 0) is 10.0 Å². The summed E-state index contributed by atoms with van der Waals surface area (Å²) in [5.74, 6) is 1.51. The summed E-state index contributed by atoms with van der Waals surface area (Å²) < 4.78 is 32.3. The molecule has 1 saturated heterocycles. The summed E-state index contributed by atoms with van der Waals surface area (Å²) in [7, 11) is -3.43. The fourth-order valence-corrected chi connectivity index (χ4v) is 5.22. The first-order chi connectivity index (χ1) is 11.5. The SMILES string of the molecule is O=S(=O)(c1ccc(Br)cc1)N1CCN(c2nc(C3CC3)ns2)CC1. The molecule has 1 saturated carbocycles. The van der Waals surface area contributed by atoms with Gasteiger partial charge in [0.2, 0.25) is 15.2 Å². The van der Waals surface area contributed by atoms with Crippen LogP contribution in [0.2, 0.25) is 0 Å². The van der Waals surface area contributed by atoms with Gasteiger partial charge < -0.3 is 4.90 Å². The van der Waals surface area contributed by atoms with Crippen LogP contribution in [0.3, 0.4) is 0 Å². The second-order valence-electron chi connectivity index (χ2n) is 6.05. The topological polar surface area (TPSA) is 66.4 Å². The van der Waals surface area contributed by atoms with Crippen molar-refractivity contribution < 1.29 is 8.42 Å². The monoisotopic (exact) mass is 428 g/mol. The molecule has 6 nitrogen and oxygen atoms in total. The van der Waals surface area contributed by atoms with Gasteiger partial charge in [-0.3, -0.25) is 0 Å². The first kappa shape index (κ1) is 16.4. The van der Waals surface area contributed by atoms with Crippen LogP contribution in [0.25, 0.3) is 0 Å². The third-order valence-electron chi connectivity index (χ3n) is 4.33. The quantitative estimate of drug-likeness (QED) is 0.748. The number of sulfonamides is 1. The molecule has 2 fully saturated rings. The molecule has 1 aromatic carbocycles. The van der Waals surface area contributed by atoms with Crippen molar-refractivity contribution in [1.29, 1.82) is 0 Å². The van der Waals surface area contributed by atoms with Gasteiger partial charge in [0.1, 0.15) is 5.82 Å². The average molecular weight is 429 g/mol. The van der Waals surface area contributed by atoms with Crippen LogP contribution in [0.4, 0.5) is 5.13 Å². The number of hydrogen-bond acceptors (Lipinski definition) is 6. The molecule has 1 aliphatic heterocycles. The Kier molecular flexibility index (Phi) is 4.36. The summed E-state index contributed by atoms with van der Waals surface area (Å²) in [4.78, 5) is 7.09. The van der Waals surface area contributed by atoms with Crippen molar-refractivity contribution in [2.24, 2.45) is 0 Å². The van der Waals surface area contributed by atoms with Crippen molar-refractivity contribution in [3.05, 3.63) is 34.6 Å². The van der Waals surface area contributed by atoms with E-state index in [0.29, 0.717) is 37.0 Å². The van der Waals surface area contributed by atoms with Gasteiger partial charge in [0.25, 0.3) is 0 Å². The second-order valence-corrected chi connectivity index (χ2v) is 9.64. The van der Waals surface area contributed by atoms with Crippen molar-refractivity contribution >= 4 is 42.6 Å². The highest BCUT2D eigenvalue weighted by Gasteiger charge is 2.31. The second kappa shape index (κ2) is 6.36. The van der Waals surface area contributed by atoms with E-state index in [1.54, 1.807) is 28.6 Å². The molecule has 2 heterocycles. The number of hydrogen-bond donors (Lipinski definition) is 0. The molecule has 1 aromatic heterocycles. The van der Waals surface area contributed by atoms with E-state index >= 15 is 0 Å². The smallest absolute Gasteiger partial charge is 0.243 e. The Labute approximate surface area is 153 Å². The van der Waals surface area contributed by atoms with E-state index in [9.17, 15) is 8.42 Å². The largest absolute Gasteiger partial charge is 0.344 e. The molecule has 2 aliphatic rings. The predicted octanol–water partition coefficient (Wildman–Crippen LogP) is 2.69. The number of benzene rings is 1. The van der Waals surface area contributed by atoms with Crippen LogP contribution in [0.1, 0.15) is 24.6 Å². The van der Waals surface area contributed by atoms with E-state index in [1.807, 2.05) is 0 Å². The molecular formula is C15H17BrN4O2S2.